The lowest BCUT2D eigenvalue weighted by Gasteiger charge is -2.23. The highest BCUT2D eigenvalue weighted by atomic mass is 16.5. The number of nitriles is 1. The van der Waals surface area contributed by atoms with E-state index in [-0.39, 0.29) is 12.2 Å². The summed E-state index contributed by atoms with van der Waals surface area (Å²) >= 11 is 0. The van der Waals surface area contributed by atoms with Gasteiger partial charge in [0.15, 0.2) is 5.54 Å². The van der Waals surface area contributed by atoms with E-state index in [0.717, 1.165) is 5.56 Å². The van der Waals surface area contributed by atoms with Crippen molar-refractivity contribution in [1.82, 2.24) is 0 Å². The topological polar surface area (TPSA) is 68.3 Å². The highest BCUT2D eigenvalue weighted by Crippen LogP contribution is 2.17. The van der Waals surface area contributed by atoms with Gasteiger partial charge in [-0.15, -0.1) is 0 Å². The molecule has 0 aliphatic carbocycles. The lowest BCUT2D eigenvalue weighted by atomic mass is 9.94. The lowest BCUT2D eigenvalue weighted by molar-refractivity contribution is -0.0389. The monoisotopic (exact) mass is 262 g/mol. The van der Waals surface area contributed by atoms with Crippen molar-refractivity contribution < 1.29 is 9.47 Å². The van der Waals surface area contributed by atoms with E-state index in [1.165, 1.54) is 0 Å². The molecule has 0 heterocycles. The maximum Gasteiger partial charge on any atom is 0.153 e. The van der Waals surface area contributed by atoms with Gasteiger partial charge in [-0.1, -0.05) is 30.3 Å². The first-order valence-electron chi connectivity index (χ1n) is 6.35. The number of rotatable bonds is 6. The average Bonchev–Trinajstić information content (AvgIpc) is 2.38. The number of benzene rings is 1. The summed E-state index contributed by atoms with van der Waals surface area (Å²) in [5.74, 6) is 0. The van der Waals surface area contributed by atoms with Gasteiger partial charge in [0.05, 0.1) is 31.5 Å². The molecule has 0 saturated heterocycles. The summed E-state index contributed by atoms with van der Waals surface area (Å²) in [5.41, 5.74) is 5.53. The highest BCUT2D eigenvalue weighted by Gasteiger charge is 2.27. The summed E-state index contributed by atoms with van der Waals surface area (Å²) in [5, 5.41) is 9.24. The molecule has 0 saturated carbocycles. The number of nitrogens with zero attached hydrogens (tertiary/aromatic N) is 1. The summed E-state index contributed by atoms with van der Waals surface area (Å²) in [6.07, 6.45) is 0. The Morgan fingerprint density at radius 1 is 1.16 bits per heavy atom. The third-order valence-corrected chi connectivity index (χ3v) is 2.58. The molecule has 0 radical (unpaired) electrons. The molecule has 1 aromatic rings. The molecule has 0 aliphatic rings. The van der Waals surface area contributed by atoms with Gasteiger partial charge in [0, 0.05) is 0 Å². The summed E-state index contributed by atoms with van der Waals surface area (Å²) in [7, 11) is 0. The van der Waals surface area contributed by atoms with Crippen LogP contribution in [0.25, 0.3) is 0 Å². The summed E-state index contributed by atoms with van der Waals surface area (Å²) in [4.78, 5) is 0. The van der Waals surface area contributed by atoms with Gasteiger partial charge in [-0.2, -0.15) is 5.26 Å². The van der Waals surface area contributed by atoms with Gasteiger partial charge >= 0.3 is 0 Å². The first-order valence-corrected chi connectivity index (χ1v) is 6.35. The van der Waals surface area contributed by atoms with Crippen molar-refractivity contribution in [3.8, 4) is 6.07 Å². The third-order valence-electron chi connectivity index (χ3n) is 2.58. The van der Waals surface area contributed by atoms with Crippen LogP contribution < -0.4 is 5.73 Å². The van der Waals surface area contributed by atoms with E-state index in [4.69, 9.17) is 15.2 Å². The second-order valence-electron chi connectivity index (χ2n) is 5.46. The van der Waals surface area contributed by atoms with Gasteiger partial charge in [-0.05, 0) is 26.3 Å². The Morgan fingerprint density at radius 2 is 1.79 bits per heavy atom. The van der Waals surface area contributed by atoms with Crippen LogP contribution in [0.2, 0.25) is 0 Å². The summed E-state index contributed by atoms with van der Waals surface area (Å²) in [6.45, 7) is 7.02. The summed E-state index contributed by atoms with van der Waals surface area (Å²) < 4.78 is 11.0. The van der Waals surface area contributed by atoms with Gasteiger partial charge in [0.25, 0.3) is 0 Å². The van der Waals surface area contributed by atoms with Crippen LogP contribution in [0.15, 0.2) is 30.3 Å². The zero-order valence-corrected chi connectivity index (χ0v) is 11.8. The van der Waals surface area contributed by atoms with Gasteiger partial charge in [0.1, 0.15) is 0 Å². The smallest absolute Gasteiger partial charge is 0.153 e. The van der Waals surface area contributed by atoms with Crippen LogP contribution in [0.1, 0.15) is 26.3 Å². The standard InChI is InChI=1S/C15H22N2O2/c1-14(2,3)19-10-9-18-12-15(17,11-16)13-7-5-4-6-8-13/h4-8H,9-10,12,17H2,1-3H3. The zero-order chi connectivity index (χ0) is 14.4. The molecule has 104 valence electrons. The Morgan fingerprint density at radius 3 is 2.32 bits per heavy atom. The molecule has 0 amide bonds. The Kier molecular flexibility index (Phi) is 5.49. The normalized spacial score (nSPS) is 14.7. The van der Waals surface area contributed by atoms with Crippen LogP contribution in [0, 0.1) is 11.3 Å². The number of hydrogen-bond acceptors (Lipinski definition) is 4. The van der Waals surface area contributed by atoms with E-state index in [2.05, 4.69) is 6.07 Å². The van der Waals surface area contributed by atoms with Crippen LogP contribution in [0.5, 0.6) is 0 Å². The molecule has 0 fully saturated rings. The molecule has 1 unspecified atom stereocenters. The maximum atomic E-state index is 9.24. The molecular formula is C15H22N2O2. The van der Waals surface area contributed by atoms with E-state index >= 15 is 0 Å². The van der Waals surface area contributed by atoms with Crippen LogP contribution in [0.4, 0.5) is 0 Å². The molecule has 1 aromatic carbocycles. The minimum atomic E-state index is -1.11. The predicted molar refractivity (Wildman–Crippen MR) is 74.4 cm³/mol. The van der Waals surface area contributed by atoms with Gasteiger partial charge in [-0.25, -0.2) is 0 Å². The average molecular weight is 262 g/mol. The van der Waals surface area contributed by atoms with Crippen LogP contribution >= 0.6 is 0 Å². The Labute approximate surface area is 115 Å². The fraction of sp³-hybridized carbons (Fsp3) is 0.533. The molecular weight excluding hydrogens is 240 g/mol. The minimum absolute atomic E-state index is 0.154. The highest BCUT2D eigenvalue weighted by molar-refractivity contribution is 5.30. The molecule has 1 rings (SSSR count). The lowest BCUT2D eigenvalue weighted by Crippen LogP contribution is -2.40. The fourth-order valence-corrected chi connectivity index (χ4v) is 1.56. The molecule has 1 atom stereocenters. The molecule has 19 heavy (non-hydrogen) atoms. The quantitative estimate of drug-likeness (QED) is 0.798. The molecule has 2 N–H and O–H groups in total. The predicted octanol–water partition coefficient (Wildman–Crippen LogP) is 2.20. The van der Waals surface area contributed by atoms with Gasteiger partial charge < -0.3 is 15.2 Å². The Balaban J connectivity index is 2.44. The first kappa shape index (κ1) is 15.6. The number of nitrogens with two attached hydrogens (primary N) is 1. The first-order chi connectivity index (χ1) is 8.87. The van der Waals surface area contributed by atoms with Crippen molar-refractivity contribution in [2.24, 2.45) is 5.73 Å². The van der Waals surface area contributed by atoms with Crippen molar-refractivity contribution >= 4 is 0 Å². The molecule has 4 heteroatoms. The number of hydrogen-bond donors (Lipinski definition) is 1. The SMILES string of the molecule is CC(C)(C)OCCOCC(N)(C#N)c1ccccc1. The van der Waals surface area contributed by atoms with E-state index in [0.29, 0.717) is 13.2 Å². The van der Waals surface area contributed by atoms with Crippen molar-refractivity contribution in [3.63, 3.8) is 0 Å². The summed E-state index contributed by atoms with van der Waals surface area (Å²) in [6, 6.07) is 11.4. The third kappa shape index (κ3) is 5.39. The van der Waals surface area contributed by atoms with Crippen molar-refractivity contribution in [2.45, 2.75) is 31.9 Å². The van der Waals surface area contributed by atoms with Gasteiger partial charge in [0.2, 0.25) is 0 Å². The second kappa shape index (κ2) is 6.67. The van der Waals surface area contributed by atoms with Crippen molar-refractivity contribution in [1.29, 1.82) is 5.26 Å². The van der Waals surface area contributed by atoms with E-state index < -0.39 is 5.54 Å². The number of ether oxygens (including phenoxy) is 2. The molecule has 4 nitrogen and oxygen atoms in total. The molecule has 0 aliphatic heterocycles. The molecule has 0 spiro atoms. The van der Waals surface area contributed by atoms with Crippen LogP contribution in [0.3, 0.4) is 0 Å². The van der Waals surface area contributed by atoms with Crippen molar-refractivity contribution in [2.75, 3.05) is 19.8 Å². The van der Waals surface area contributed by atoms with Crippen LogP contribution in [-0.2, 0) is 15.0 Å². The Bertz CT molecular complexity index is 420. The fourth-order valence-electron chi connectivity index (χ4n) is 1.56. The van der Waals surface area contributed by atoms with Gasteiger partial charge in [-0.3, -0.25) is 0 Å². The molecule has 0 bridgehead atoms. The maximum absolute atomic E-state index is 9.24. The van der Waals surface area contributed by atoms with E-state index in [9.17, 15) is 5.26 Å². The van der Waals surface area contributed by atoms with E-state index in [1.54, 1.807) is 0 Å². The van der Waals surface area contributed by atoms with Crippen molar-refractivity contribution in [3.05, 3.63) is 35.9 Å². The van der Waals surface area contributed by atoms with Crippen LogP contribution in [-0.4, -0.2) is 25.4 Å². The van der Waals surface area contributed by atoms with E-state index in [1.807, 2.05) is 51.1 Å². The largest absolute Gasteiger partial charge is 0.376 e. The molecule has 0 aromatic heterocycles. The minimum Gasteiger partial charge on any atom is -0.376 e. The second-order valence-corrected chi connectivity index (χ2v) is 5.46. The Hall–Kier alpha value is -1.41. The zero-order valence-electron chi connectivity index (χ0n) is 11.8.